The molecular weight excluding hydrogens is 332 g/mol. The van der Waals surface area contributed by atoms with Crippen LogP contribution in [0.2, 0.25) is 0 Å². The first-order valence-corrected chi connectivity index (χ1v) is 8.89. The molecule has 2 aromatic rings. The fraction of sp³-hybridized carbons (Fsp3) is 0.450. The average molecular weight is 356 g/mol. The fourth-order valence-electron chi connectivity index (χ4n) is 3.18. The van der Waals surface area contributed by atoms with Crippen molar-refractivity contribution in [3.63, 3.8) is 0 Å². The predicted octanol–water partition coefficient (Wildman–Crippen LogP) is 2.56. The quantitative estimate of drug-likeness (QED) is 0.839. The molecule has 2 heterocycles. The van der Waals surface area contributed by atoms with Gasteiger partial charge in [-0.25, -0.2) is 4.79 Å². The van der Waals surface area contributed by atoms with Gasteiger partial charge in [0.25, 0.3) is 5.91 Å². The minimum Gasteiger partial charge on any atom is -0.422 e. The van der Waals surface area contributed by atoms with Crippen LogP contribution < -0.4 is 10.9 Å². The maximum Gasteiger partial charge on any atom is 0.349 e. The van der Waals surface area contributed by atoms with Gasteiger partial charge in [-0.05, 0) is 25.0 Å². The minimum atomic E-state index is -0.637. The van der Waals surface area contributed by atoms with Crippen molar-refractivity contribution in [3.8, 4) is 0 Å². The first kappa shape index (κ1) is 18.2. The van der Waals surface area contributed by atoms with Gasteiger partial charge in [-0.1, -0.05) is 39.0 Å². The summed E-state index contributed by atoms with van der Waals surface area (Å²) in [7, 11) is 0. The number of hydrogen-bond acceptors (Lipinski definition) is 4. The molecule has 6 nitrogen and oxygen atoms in total. The second-order valence-electron chi connectivity index (χ2n) is 7.78. The molecular formula is C20H24N2O4. The van der Waals surface area contributed by atoms with E-state index in [1.807, 2.05) is 31.7 Å². The summed E-state index contributed by atoms with van der Waals surface area (Å²) in [5.41, 5.74) is -0.568. The number of carbonyl (C=O) groups is 2. The van der Waals surface area contributed by atoms with Crippen molar-refractivity contribution < 1.29 is 14.0 Å². The van der Waals surface area contributed by atoms with Crippen molar-refractivity contribution in [2.45, 2.75) is 39.7 Å². The monoisotopic (exact) mass is 356 g/mol. The molecule has 0 radical (unpaired) electrons. The molecule has 0 atom stereocenters. The molecule has 0 unspecified atom stereocenters. The van der Waals surface area contributed by atoms with Gasteiger partial charge in [0.2, 0.25) is 5.91 Å². The molecule has 1 aliphatic heterocycles. The lowest BCUT2D eigenvalue weighted by Crippen LogP contribution is -2.49. The van der Waals surface area contributed by atoms with Gasteiger partial charge in [0, 0.05) is 29.9 Å². The molecule has 1 saturated heterocycles. The third kappa shape index (κ3) is 3.79. The van der Waals surface area contributed by atoms with Crippen LogP contribution in [0.4, 0.5) is 0 Å². The molecule has 138 valence electrons. The lowest BCUT2D eigenvalue weighted by atomic mass is 9.93. The zero-order valence-electron chi connectivity index (χ0n) is 15.4. The summed E-state index contributed by atoms with van der Waals surface area (Å²) < 4.78 is 5.22. The molecule has 0 aliphatic carbocycles. The van der Waals surface area contributed by atoms with Crippen LogP contribution in [0.5, 0.6) is 0 Å². The molecule has 3 rings (SSSR count). The topological polar surface area (TPSA) is 79.6 Å². The van der Waals surface area contributed by atoms with Crippen LogP contribution in [0.25, 0.3) is 11.0 Å². The van der Waals surface area contributed by atoms with Gasteiger partial charge in [0.15, 0.2) is 0 Å². The molecule has 1 N–H and O–H groups in total. The van der Waals surface area contributed by atoms with Crippen molar-refractivity contribution in [2.75, 3.05) is 13.1 Å². The zero-order valence-corrected chi connectivity index (χ0v) is 15.4. The van der Waals surface area contributed by atoms with E-state index in [-0.39, 0.29) is 17.5 Å². The van der Waals surface area contributed by atoms with Crippen LogP contribution in [0.3, 0.4) is 0 Å². The van der Waals surface area contributed by atoms with Crippen LogP contribution in [0.1, 0.15) is 44.0 Å². The highest BCUT2D eigenvalue weighted by atomic mass is 16.4. The fourth-order valence-corrected chi connectivity index (χ4v) is 3.18. The van der Waals surface area contributed by atoms with E-state index in [1.165, 1.54) is 0 Å². The predicted molar refractivity (Wildman–Crippen MR) is 99.0 cm³/mol. The van der Waals surface area contributed by atoms with Crippen LogP contribution >= 0.6 is 0 Å². The van der Waals surface area contributed by atoms with E-state index < -0.39 is 16.9 Å². The Kier molecular flexibility index (Phi) is 4.85. The smallest absolute Gasteiger partial charge is 0.349 e. The zero-order chi connectivity index (χ0) is 18.9. The van der Waals surface area contributed by atoms with Gasteiger partial charge in [-0.2, -0.15) is 0 Å². The number of nitrogens with zero attached hydrogens (tertiary/aromatic N) is 1. The highest BCUT2D eigenvalue weighted by Crippen LogP contribution is 2.21. The van der Waals surface area contributed by atoms with Gasteiger partial charge in [-0.3, -0.25) is 9.59 Å². The summed E-state index contributed by atoms with van der Waals surface area (Å²) in [6.07, 6.45) is 1.35. The number of piperidine rings is 1. The van der Waals surface area contributed by atoms with E-state index in [9.17, 15) is 14.4 Å². The number of fused-ring (bicyclic) bond motifs is 1. The van der Waals surface area contributed by atoms with E-state index in [4.69, 9.17) is 4.42 Å². The Labute approximate surface area is 152 Å². The summed E-state index contributed by atoms with van der Waals surface area (Å²) in [5.74, 6) is -0.303. The molecule has 1 aromatic heterocycles. The van der Waals surface area contributed by atoms with Crippen LogP contribution in [0.15, 0.2) is 39.5 Å². The number of likely N-dealkylation sites (tertiary alicyclic amines) is 1. The number of amides is 2. The molecule has 1 aliphatic rings. The second kappa shape index (κ2) is 6.94. The normalized spacial score (nSPS) is 15.9. The minimum absolute atomic E-state index is 0.0110. The van der Waals surface area contributed by atoms with E-state index in [0.717, 1.165) is 0 Å². The van der Waals surface area contributed by atoms with Crippen molar-refractivity contribution in [3.05, 3.63) is 46.3 Å². The largest absolute Gasteiger partial charge is 0.422 e. The van der Waals surface area contributed by atoms with E-state index in [2.05, 4.69) is 5.32 Å². The standard InChI is InChI=1S/C20H24N2O4/c1-20(2,3)19(25)22-10-8-14(9-11-22)21-17(23)15-12-13-6-4-5-7-16(13)26-18(15)24/h4-7,12,14H,8-11H2,1-3H3,(H,21,23). The number of rotatable bonds is 2. The Morgan fingerprint density at radius 1 is 1.15 bits per heavy atom. The van der Waals surface area contributed by atoms with Gasteiger partial charge in [0.1, 0.15) is 11.1 Å². The number of hydrogen-bond donors (Lipinski definition) is 1. The van der Waals surface area contributed by atoms with E-state index in [0.29, 0.717) is 36.9 Å². The van der Waals surface area contributed by atoms with Gasteiger partial charge >= 0.3 is 5.63 Å². The van der Waals surface area contributed by atoms with Crippen molar-refractivity contribution in [1.29, 1.82) is 0 Å². The summed E-state index contributed by atoms with van der Waals surface area (Å²) in [6, 6.07) is 8.60. The summed E-state index contributed by atoms with van der Waals surface area (Å²) in [4.78, 5) is 38.8. The summed E-state index contributed by atoms with van der Waals surface area (Å²) in [6.45, 7) is 6.92. The van der Waals surface area contributed by atoms with Gasteiger partial charge < -0.3 is 14.6 Å². The van der Waals surface area contributed by atoms with Gasteiger partial charge in [-0.15, -0.1) is 0 Å². The van der Waals surface area contributed by atoms with Crippen LogP contribution in [0, 0.1) is 5.41 Å². The Balaban J connectivity index is 1.66. The molecule has 0 saturated carbocycles. The van der Waals surface area contributed by atoms with Crippen LogP contribution in [-0.4, -0.2) is 35.8 Å². The molecule has 0 bridgehead atoms. The number of nitrogens with one attached hydrogen (secondary N) is 1. The molecule has 6 heteroatoms. The second-order valence-corrected chi connectivity index (χ2v) is 7.78. The maximum atomic E-state index is 12.5. The third-order valence-electron chi connectivity index (χ3n) is 4.65. The van der Waals surface area contributed by atoms with E-state index in [1.54, 1.807) is 24.3 Å². The number of para-hydroxylation sites is 1. The number of carbonyl (C=O) groups excluding carboxylic acids is 2. The lowest BCUT2D eigenvalue weighted by Gasteiger charge is -2.35. The summed E-state index contributed by atoms with van der Waals surface area (Å²) >= 11 is 0. The molecule has 0 spiro atoms. The SMILES string of the molecule is CC(C)(C)C(=O)N1CCC(NC(=O)c2cc3ccccc3oc2=O)CC1. The molecule has 2 amide bonds. The third-order valence-corrected chi connectivity index (χ3v) is 4.65. The first-order chi connectivity index (χ1) is 12.3. The number of benzene rings is 1. The Bertz CT molecular complexity index is 887. The van der Waals surface area contributed by atoms with Crippen LogP contribution in [-0.2, 0) is 4.79 Å². The molecule has 1 aromatic carbocycles. The Morgan fingerprint density at radius 2 is 1.81 bits per heavy atom. The lowest BCUT2D eigenvalue weighted by molar-refractivity contribution is -0.140. The average Bonchev–Trinajstić information content (AvgIpc) is 2.60. The maximum absolute atomic E-state index is 12.5. The first-order valence-electron chi connectivity index (χ1n) is 8.89. The van der Waals surface area contributed by atoms with Crippen molar-refractivity contribution >= 4 is 22.8 Å². The van der Waals surface area contributed by atoms with E-state index >= 15 is 0 Å². The van der Waals surface area contributed by atoms with Crippen molar-refractivity contribution in [1.82, 2.24) is 10.2 Å². The summed E-state index contributed by atoms with van der Waals surface area (Å²) in [5, 5.41) is 3.61. The molecule has 26 heavy (non-hydrogen) atoms. The Hall–Kier alpha value is -2.63. The van der Waals surface area contributed by atoms with Gasteiger partial charge in [0.05, 0.1) is 0 Å². The highest BCUT2D eigenvalue weighted by Gasteiger charge is 2.31. The Morgan fingerprint density at radius 3 is 2.46 bits per heavy atom. The molecule has 1 fully saturated rings. The highest BCUT2D eigenvalue weighted by molar-refractivity contribution is 5.96. The van der Waals surface area contributed by atoms with Crippen molar-refractivity contribution in [2.24, 2.45) is 5.41 Å².